The molecule has 2 aromatic carbocycles. The fourth-order valence-electron chi connectivity index (χ4n) is 4.31. The highest BCUT2D eigenvalue weighted by atomic mass is 35.5. The lowest BCUT2D eigenvalue weighted by molar-refractivity contribution is -0.127. The summed E-state index contributed by atoms with van der Waals surface area (Å²) < 4.78 is 13.9. The van der Waals surface area contributed by atoms with E-state index < -0.39 is 11.9 Å². The van der Waals surface area contributed by atoms with Crippen molar-refractivity contribution in [3.05, 3.63) is 87.3 Å². The number of hydrogen-bond acceptors (Lipinski definition) is 3. The molecule has 3 aromatic rings. The van der Waals surface area contributed by atoms with E-state index in [1.165, 1.54) is 40.9 Å². The Morgan fingerprint density at radius 2 is 1.85 bits per heavy atom. The molecule has 172 valence electrons. The van der Waals surface area contributed by atoms with Crippen LogP contribution in [0.2, 0.25) is 5.02 Å². The fourth-order valence-corrected chi connectivity index (χ4v) is 5.15. The second-order valence-electron chi connectivity index (χ2n) is 8.33. The number of nitrogens with one attached hydrogen (secondary N) is 1. The number of rotatable bonds is 7. The van der Waals surface area contributed by atoms with Crippen LogP contribution >= 0.6 is 22.9 Å². The fraction of sp³-hybridized carbons (Fsp3) is 0.308. The van der Waals surface area contributed by atoms with Gasteiger partial charge in [-0.3, -0.25) is 14.5 Å². The van der Waals surface area contributed by atoms with Crippen molar-refractivity contribution in [1.82, 2.24) is 5.32 Å². The Kier molecular flexibility index (Phi) is 7.78. The first-order valence-electron chi connectivity index (χ1n) is 11.2. The molecule has 7 heteroatoms. The molecule has 0 aliphatic heterocycles. The molecule has 1 aliphatic carbocycles. The predicted octanol–water partition coefficient (Wildman–Crippen LogP) is 6.31. The van der Waals surface area contributed by atoms with Gasteiger partial charge in [-0.2, -0.15) is 11.3 Å². The minimum Gasteiger partial charge on any atom is -0.351 e. The van der Waals surface area contributed by atoms with Crippen molar-refractivity contribution in [2.75, 3.05) is 4.90 Å². The Bertz CT molecular complexity index is 1080. The topological polar surface area (TPSA) is 49.4 Å². The third kappa shape index (κ3) is 5.81. The molecule has 1 aromatic heterocycles. The summed E-state index contributed by atoms with van der Waals surface area (Å²) in [7, 11) is 0. The number of halogens is 2. The standard InChI is InChI=1S/C26H26ClFN2O2S/c27-22-16-21(11-12-23(22)28)30(24(31)15-18-13-14-33-17-18)25(19-7-3-1-4-8-19)26(32)29-20-9-5-2-6-10-20/h1,3-4,7-8,11-14,16-17,20,25H,2,5-6,9-10,15H2,(H,29,32)/t25-/m1/s1. The summed E-state index contributed by atoms with van der Waals surface area (Å²) in [6, 6.07) is 14.4. The molecular weight excluding hydrogens is 459 g/mol. The highest BCUT2D eigenvalue weighted by molar-refractivity contribution is 7.08. The molecule has 0 radical (unpaired) electrons. The third-order valence-electron chi connectivity index (χ3n) is 5.96. The molecule has 1 heterocycles. The number of carbonyl (C=O) groups excluding carboxylic acids is 2. The monoisotopic (exact) mass is 484 g/mol. The minimum absolute atomic E-state index is 0.0862. The molecule has 0 spiro atoms. The number of nitrogens with zero attached hydrogens (tertiary/aromatic N) is 1. The van der Waals surface area contributed by atoms with E-state index in [1.807, 2.05) is 47.2 Å². The van der Waals surface area contributed by atoms with E-state index in [2.05, 4.69) is 5.32 Å². The molecule has 0 saturated heterocycles. The number of hydrogen-bond donors (Lipinski definition) is 1. The van der Waals surface area contributed by atoms with Gasteiger partial charge >= 0.3 is 0 Å². The highest BCUT2D eigenvalue weighted by Crippen LogP contribution is 2.32. The maximum absolute atomic E-state index is 13.9. The predicted molar refractivity (Wildman–Crippen MR) is 131 cm³/mol. The van der Waals surface area contributed by atoms with Crippen molar-refractivity contribution >= 4 is 40.4 Å². The van der Waals surface area contributed by atoms with Crippen LogP contribution in [-0.2, 0) is 16.0 Å². The lowest BCUT2D eigenvalue weighted by atomic mass is 9.94. The molecule has 2 amide bonds. The summed E-state index contributed by atoms with van der Waals surface area (Å²) in [5, 5.41) is 6.89. The van der Waals surface area contributed by atoms with E-state index in [-0.39, 0.29) is 29.3 Å². The number of anilines is 1. The number of amides is 2. The summed E-state index contributed by atoms with van der Waals surface area (Å²) in [6.45, 7) is 0. The molecule has 0 bridgehead atoms. The van der Waals surface area contributed by atoms with E-state index in [4.69, 9.17) is 11.6 Å². The van der Waals surface area contributed by atoms with Crippen LogP contribution in [0.1, 0.15) is 49.3 Å². The molecule has 1 N–H and O–H groups in total. The first-order chi connectivity index (χ1) is 16.0. The highest BCUT2D eigenvalue weighted by Gasteiger charge is 2.34. The first-order valence-corrected chi connectivity index (χ1v) is 12.5. The van der Waals surface area contributed by atoms with Crippen LogP contribution in [0, 0.1) is 5.82 Å². The lowest BCUT2D eigenvalue weighted by Gasteiger charge is -2.33. The van der Waals surface area contributed by atoms with Crippen LogP contribution in [0.25, 0.3) is 0 Å². The molecule has 0 unspecified atom stereocenters. The molecule has 1 saturated carbocycles. The maximum Gasteiger partial charge on any atom is 0.248 e. The number of carbonyl (C=O) groups is 2. The van der Waals surface area contributed by atoms with Gasteiger partial charge in [0.25, 0.3) is 0 Å². The van der Waals surface area contributed by atoms with Crippen molar-refractivity contribution in [3.63, 3.8) is 0 Å². The van der Waals surface area contributed by atoms with Crippen molar-refractivity contribution in [1.29, 1.82) is 0 Å². The van der Waals surface area contributed by atoms with Gasteiger partial charge in [-0.1, -0.05) is 61.2 Å². The van der Waals surface area contributed by atoms with Gasteiger partial charge in [0.15, 0.2) is 0 Å². The Balaban J connectivity index is 1.74. The van der Waals surface area contributed by atoms with Crippen molar-refractivity contribution in [2.45, 2.75) is 50.6 Å². The zero-order valence-corrected chi connectivity index (χ0v) is 19.7. The van der Waals surface area contributed by atoms with Crippen LogP contribution in [0.15, 0.2) is 65.4 Å². The van der Waals surface area contributed by atoms with E-state index in [0.29, 0.717) is 11.3 Å². The summed E-state index contributed by atoms with van der Waals surface area (Å²) in [4.78, 5) is 28.8. The lowest BCUT2D eigenvalue weighted by Crippen LogP contribution is -2.47. The zero-order chi connectivity index (χ0) is 23.2. The van der Waals surface area contributed by atoms with E-state index in [0.717, 1.165) is 31.2 Å². The summed E-state index contributed by atoms with van der Waals surface area (Å²) in [5.41, 5.74) is 1.93. The van der Waals surface area contributed by atoms with Crippen LogP contribution in [0.3, 0.4) is 0 Å². The Morgan fingerprint density at radius 3 is 2.52 bits per heavy atom. The van der Waals surface area contributed by atoms with Crippen molar-refractivity contribution in [2.24, 2.45) is 0 Å². The normalized spacial score (nSPS) is 15.1. The maximum atomic E-state index is 13.9. The Labute approximate surface area is 202 Å². The average Bonchev–Trinajstić information content (AvgIpc) is 3.33. The summed E-state index contributed by atoms with van der Waals surface area (Å²) >= 11 is 7.59. The second kappa shape index (κ2) is 10.9. The number of benzene rings is 2. The molecule has 1 fully saturated rings. The number of thiophene rings is 1. The largest absolute Gasteiger partial charge is 0.351 e. The molecule has 33 heavy (non-hydrogen) atoms. The van der Waals surface area contributed by atoms with Crippen molar-refractivity contribution in [3.8, 4) is 0 Å². The molecule has 1 atom stereocenters. The summed E-state index contributed by atoms with van der Waals surface area (Å²) in [5.74, 6) is -1.08. The summed E-state index contributed by atoms with van der Waals surface area (Å²) in [6.07, 6.45) is 5.31. The van der Waals surface area contributed by atoms with Gasteiger partial charge in [0, 0.05) is 11.7 Å². The Morgan fingerprint density at radius 1 is 1.09 bits per heavy atom. The van der Waals surface area contributed by atoms with Crippen LogP contribution in [0.4, 0.5) is 10.1 Å². The molecule has 1 aliphatic rings. The second-order valence-corrected chi connectivity index (χ2v) is 9.51. The molecule has 4 nitrogen and oxygen atoms in total. The van der Waals surface area contributed by atoms with Crippen LogP contribution in [-0.4, -0.2) is 17.9 Å². The van der Waals surface area contributed by atoms with Crippen molar-refractivity contribution < 1.29 is 14.0 Å². The van der Waals surface area contributed by atoms with Crippen LogP contribution in [0.5, 0.6) is 0 Å². The van der Waals surface area contributed by atoms with Gasteiger partial charge in [-0.05, 0) is 59.0 Å². The molecular formula is C26H26ClFN2O2S. The van der Waals surface area contributed by atoms with Gasteiger partial charge in [0.2, 0.25) is 11.8 Å². The van der Waals surface area contributed by atoms with E-state index >= 15 is 0 Å². The van der Waals surface area contributed by atoms with Gasteiger partial charge in [0.1, 0.15) is 11.9 Å². The van der Waals surface area contributed by atoms with Gasteiger partial charge in [0.05, 0.1) is 11.4 Å². The van der Waals surface area contributed by atoms with Gasteiger partial charge in [-0.15, -0.1) is 0 Å². The van der Waals surface area contributed by atoms with Gasteiger partial charge in [-0.25, -0.2) is 4.39 Å². The van der Waals surface area contributed by atoms with Gasteiger partial charge < -0.3 is 5.32 Å². The Hall–Kier alpha value is -2.70. The molecule has 4 rings (SSSR count). The quantitative estimate of drug-likeness (QED) is 0.427. The van der Waals surface area contributed by atoms with E-state index in [1.54, 1.807) is 0 Å². The third-order valence-corrected chi connectivity index (χ3v) is 6.98. The van der Waals surface area contributed by atoms with E-state index in [9.17, 15) is 14.0 Å². The minimum atomic E-state index is -0.902. The average molecular weight is 485 g/mol. The SMILES string of the molecule is O=C(NC1CCCCC1)[C@@H](c1ccccc1)N(C(=O)Cc1ccsc1)c1ccc(F)c(Cl)c1. The first kappa shape index (κ1) is 23.5. The zero-order valence-electron chi connectivity index (χ0n) is 18.2. The smallest absolute Gasteiger partial charge is 0.248 e. The van der Waals surface area contributed by atoms with Crippen LogP contribution < -0.4 is 10.2 Å².